The quantitative estimate of drug-likeness (QED) is 0.365. The first-order chi connectivity index (χ1) is 8.99. The molecule has 19 heavy (non-hydrogen) atoms. The lowest BCUT2D eigenvalue weighted by Gasteiger charge is -2.06. The molecular formula is C11H14N6O2. The summed E-state index contributed by atoms with van der Waals surface area (Å²) in [4.78, 5) is 8.19. The van der Waals surface area contributed by atoms with Gasteiger partial charge in [0.25, 0.3) is 0 Å². The summed E-state index contributed by atoms with van der Waals surface area (Å²) in [5.74, 6) is 0.407. The van der Waals surface area contributed by atoms with Gasteiger partial charge in [-0.1, -0.05) is 5.16 Å². The predicted octanol–water partition coefficient (Wildman–Crippen LogP) is 0.714. The Morgan fingerprint density at radius 3 is 2.63 bits per heavy atom. The number of amidine groups is 1. The van der Waals surface area contributed by atoms with E-state index in [0.29, 0.717) is 17.3 Å². The summed E-state index contributed by atoms with van der Waals surface area (Å²) in [5, 5.41) is 15.7. The Morgan fingerprint density at radius 2 is 2.05 bits per heavy atom. The monoisotopic (exact) mass is 262 g/mol. The maximum absolute atomic E-state index is 8.65. The second-order valence-corrected chi connectivity index (χ2v) is 4.01. The van der Waals surface area contributed by atoms with Crippen LogP contribution in [0.15, 0.2) is 17.3 Å². The SMILES string of the molecule is Cc1cc(/C(N)=N/O)nc(Oc2cc(C)nn2C)n1. The van der Waals surface area contributed by atoms with Gasteiger partial charge in [0, 0.05) is 18.8 Å². The van der Waals surface area contributed by atoms with Crippen molar-refractivity contribution in [3.63, 3.8) is 0 Å². The van der Waals surface area contributed by atoms with Crippen LogP contribution in [-0.2, 0) is 7.05 Å². The highest BCUT2D eigenvalue weighted by atomic mass is 16.5. The van der Waals surface area contributed by atoms with E-state index in [2.05, 4.69) is 20.2 Å². The van der Waals surface area contributed by atoms with Crippen molar-refractivity contribution >= 4 is 5.84 Å². The van der Waals surface area contributed by atoms with Gasteiger partial charge in [-0.15, -0.1) is 0 Å². The molecular weight excluding hydrogens is 248 g/mol. The van der Waals surface area contributed by atoms with Crippen molar-refractivity contribution in [3.8, 4) is 11.9 Å². The van der Waals surface area contributed by atoms with Crippen LogP contribution < -0.4 is 10.5 Å². The van der Waals surface area contributed by atoms with Gasteiger partial charge in [-0.05, 0) is 19.9 Å². The zero-order valence-corrected chi connectivity index (χ0v) is 10.8. The molecule has 0 spiro atoms. The van der Waals surface area contributed by atoms with E-state index in [0.717, 1.165) is 5.69 Å². The van der Waals surface area contributed by atoms with Crippen molar-refractivity contribution in [2.24, 2.45) is 17.9 Å². The second kappa shape index (κ2) is 4.92. The van der Waals surface area contributed by atoms with Crippen LogP contribution in [0.25, 0.3) is 0 Å². The van der Waals surface area contributed by atoms with Gasteiger partial charge in [0.2, 0.25) is 5.88 Å². The Morgan fingerprint density at radius 1 is 1.32 bits per heavy atom. The molecule has 0 aliphatic heterocycles. The molecule has 8 heteroatoms. The Hall–Kier alpha value is -2.64. The third-order valence-electron chi connectivity index (χ3n) is 2.36. The second-order valence-electron chi connectivity index (χ2n) is 4.01. The highest BCUT2D eigenvalue weighted by Crippen LogP contribution is 2.18. The van der Waals surface area contributed by atoms with Gasteiger partial charge in [-0.25, -0.2) is 9.67 Å². The molecule has 0 aliphatic carbocycles. The Kier molecular flexibility index (Phi) is 3.32. The first kappa shape index (κ1) is 12.8. The smallest absolute Gasteiger partial charge is 0.324 e. The zero-order chi connectivity index (χ0) is 14.0. The van der Waals surface area contributed by atoms with Gasteiger partial charge in [0.05, 0.1) is 5.69 Å². The molecule has 0 aromatic carbocycles. The van der Waals surface area contributed by atoms with Crippen molar-refractivity contribution < 1.29 is 9.94 Å². The van der Waals surface area contributed by atoms with Crippen molar-refractivity contribution in [2.45, 2.75) is 13.8 Å². The highest BCUT2D eigenvalue weighted by molar-refractivity contribution is 5.95. The maximum atomic E-state index is 8.65. The molecule has 0 radical (unpaired) electrons. The lowest BCUT2D eigenvalue weighted by atomic mass is 10.3. The van der Waals surface area contributed by atoms with Crippen LogP contribution >= 0.6 is 0 Å². The third-order valence-corrected chi connectivity index (χ3v) is 2.36. The molecule has 2 rings (SSSR count). The minimum absolute atomic E-state index is 0.100. The third kappa shape index (κ3) is 2.79. The average molecular weight is 262 g/mol. The maximum Gasteiger partial charge on any atom is 0.324 e. The molecule has 0 saturated heterocycles. The summed E-state index contributed by atoms with van der Waals surface area (Å²) in [7, 11) is 1.75. The van der Waals surface area contributed by atoms with Crippen molar-refractivity contribution in [1.29, 1.82) is 0 Å². The fourth-order valence-electron chi connectivity index (χ4n) is 1.55. The molecule has 0 amide bonds. The normalized spacial score (nSPS) is 11.6. The fourth-order valence-corrected chi connectivity index (χ4v) is 1.55. The number of nitrogens with two attached hydrogens (primary N) is 1. The van der Waals surface area contributed by atoms with Gasteiger partial charge in [0.1, 0.15) is 5.69 Å². The predicted molar refractivity (Wildman–Crippen MR) is 67.3 cm³/mol. The lowest BCUT2D eigenvalue weighted by Crippen LogP contribution is -2.16. The van der Waals surface area contributed by atoms with Gasteiger partial charge >= 0.3 is 6.01 Å². The molecule has 0 aliphatic rings. The van der Waals surface area contributed by atoms with Gasteiger partial charge < -0.3 is 15.7 Å². The number of hydrogen-bond donors (Lipinski definition) is 2. The van der Waals surface area contributed by atoms with E-state index in [9.17, 15) is 0 Å². The summed E-state index contributed by atoms with van der Waals surface area (Å²) in [6.07, 6.45) is 0. The number of hydrogen-bond acceptors (Lipinski definition) is 6. The number of nitrogens with zero attached hydrogens (tertiary/aromatic N) is 5. The first-order valence-electron chi connectivity index (χ1n) is 5.51. The first-order valence-corrected chi connectivity index (χ1v) is 5.51. The molecule has 8 nitrogen and oxygen atoms in total. The van der Waals surface area contributed by atoms with E-state index in [1.807, 2.05) is 6.92 Å². The zero-order valence-electron chi connectivity index (χ0n) is 10.8. The minimum Gasteiger partial charge on any atom is -0.409 e. The van der Waals surface area contributed by atoms with E-state index in [1.165, 1.54) is 0 Å². The summed E-state index contributed by atoms with van der Waals surface area (Å²) >= 11 is 0. The van der Waals surface area contributed by atoms with Crippen molar-refractivity contribution in [2.75, 3.05) is 0 Å². The number of aryl methyl sites for hydroxylation is 3. The van der Waals surface area contributed by atoms with E-state index < -0.39 is 0 Å². The molecule has 0 fully saturated rings. The molecule has 0 atom stereocenters. The lowest BCUT2D eigenvalue weighted by molar-refractivity contribution is 0.318. The van der Waals surface area contributed by atoms with Crippen LogP contribution in [0.2, 0.25) is 0 Å². The van der Waals surface area contributed by atoms with E-state index >= 15 is 0 Å². The van der Waals surface area contributed by atoms with Gasteiger partial charge in [-0.3, -0.25) is 0 Å². The summed E-state index contributed by atoms with van der Waals surface area (Å²) in [6, 6.07) is 3.47. The molecule has 3 N–H and O–H groups in total. The average Bonchev–Trinajstić information content (AvgIpc) is 2.66. The Bertz CT molecular complexity index is 634. The van der Waals surface area contributed by atoms with Crippen LogP contribution in [0, 0.1) is 13.8 Å². The number of ether oxygens (including phenoxy) is 1. The highest BCUT2D eigenvalue weighted by Gasteiger charge is 2.10. The van der Waals surface area contributed by atoms with E-state index in [-0.39, 0.29) is 11.8 Å². The molecule has 0 bridgehead atoms. The van der Waals surface area contributed by atoms with Crippen LogP contribution in [0.4, 0.5) is 0 Å². The van der Waals surface area contributed by atoms with Crippen molar-refractivity contribution in [1.82, 2.24) is 19.7 Å². The number of aromatic nitrogens is 4. The summed E-state index contributed by atoms with van der Waals surface area (Å²) in [5.41, 5.74) is 7.26. The number of oxime groups is 1. The van der Waals surface area contributed by atoms with Crippen LogP contribution in [-0.4, -0.2) is 30.8 Å². The molecule has 100 valence electrons. The Labute approximate surface area is 109 Å². The molecule has 2 heterocycles. The van der Waals surface area contributed by atoms with E-state index in [4.69, 9.17) is 15.7 Å². The summed E-state index contributed by atoms with van der Waals surface area (Å²) < 4.78 is 7.11. The van der Waals surface area contributed by atoms with Crippen LogP contribution in [0.3, 0.4) is 0 Å². The molecule has 0 unspecified atom stereocenters. The molecule has 0 saturated carbocycles. The van der Waals surface area contributed by atoms with Gasteiger partial charge in [-0.2, -0.15) is 10.1 Å². The topological polar surface area (TPSA) is 111 Å². The van der Waals surface area contributed by atoms with Gasteiger partial charge in [0.15, 0.2) is 5.84 Å². The van der Waals surface area contributed by atoms with Crippen LogP contribution in [0.5, 0.6) is 11.9 Å². The summed E-state index contributed by atoms with van der Waals surface area (Å²) in [6.45, 7) is 3.61. The Balaban J connectivity index is 2.35. The van der Waals surface area contributed by atoms with Crippen LogP contribution in [0.1, 0.15) is 17.1 Å². The minimum atomic E-state index is -0.100. The molecule has 2 aromatic rings. The molecule has 2 aromatic heterocycles. The fraction of sp³-hybridized carbons (Fsp3) is 0.273. The number of rotatable bonds is 3. The van der Waals surface area contributed by atoms with E-state index in [1.54, 1.807) is 30.8 Å². The van der Waals surface area contributed by atoms with Crippen molar-refractivity contribution in [3.05, 3.63) is 29.2 Å². The standard InChI is InChI=1S/C11H14N6O2/c1-6-4-8(10(12)16-18)14-11(13-6)19-9-5-7(2)15-17(9)3/h4-5,18H,1-3H3,(H2,12,16). The largest absolute Gasteiger partial charge is 0.409 e.